The van der Waals surface area contributed by atoms with Crippen molar-refractivity contribution in [2.75, 3.05) is 14.2 Å². The van der Waals surface area contributed by atoms with E-state index >= 15 is 0 Å². The van der Waals surface area contributed by atoms with Crippen LogP contribution in [0.4, 0.5) is 0 Å². The summed E-state index contributed by atoms with van der Waals surface area (Å²) in [6.45, 7) is 0. The van der Waals surface area contributed by atoms with E-state index < -0.39 is 12.4 Å². The molecule has 0 radical (unpaired) electrons. The van der Waals surface area contributed by atoms with Gasteiger partial charge in [0.25, 0.3) is 0 Å². The van der Waals surface area contributed by atoms with Gasteiger partial charge in [0.2, 0.25) is 0 Å². The summed E-state index contributed by atoms with van der Waals surface area (Å²) in [5.41, 5.74) is 0. The van der Waals surface area contributed by atoms with Crippen LogP contribution >= 0.6 is 0 Å². The molecular weight excluding hydrogens is 136 g/mol. The molecule has 10 heavy (non-hydrogen) atoms. The average Bonchev–Trinajstić information content (AvgIpc) is 2.30. The lowest BCUT2D eigenvalue weighted by molar-refractivity contribution is -0.199. The Kier molecular flexibility index (Phi) is 2.62. The predicted octanol–water partition coefficient (Wildman–Crippen LogP) is -0.287. The SMILES string of the molecule is COC1CC(O)C(OC)O1. The molecule has 0 aromatic rings. The molecule has 1 N–H and O–H groups in total. The van der Waals surface area contributed by atoms with Gasteiger partial charge < -0.3 is 19.3 Å². The molecule has 0 aromatic carbocycles. The first-order valence-electron chi connectivity index (χ1n) is 3.17. The van der Waals surface area contributed by atoms with Crippen LogP contribution in [0.1, 0.15) is 6.42 Å². The van der Waals surface area contributed by atoms with Crippen molar-refractivity contribution in [2.45, 2.75) is 25.1 Å². The zero-order valence-electron chi connectivity index (χ0n) is 6.11. The molecule has 4 heteroatoms. The number of ether oxygens (including phenoxy) is 3. The van der Waals surface area contributed by atoms with Gasteiger partial charge in [0.05, 0.1) is 0 Å². The predicted molar refractivity (Wildman–Crippen MR) is 33.3 cm³/mol. The highest BCUT2D eigenvalue weighted by molar-refractivity contribution is 4.70. The lowest BCUT2D eigenvalue weighted by atomic mass is 10.3. The molecule has 4 nitrogen and oxygen atoms in total. The summed E-state index contributed by atoms with van der Waals surface area (Å²) in [5.74, 6) is 0. The first kappa shape index (κ1) is 7.94. The minimum absolute atomic E-state index is 0.319. The van der Waals surface area contributed by atoms with E-state index in [0.717, 1.165) is 0 Å². The van der Waals surface area contributed by atoms with E-state index in [-0.39, 0.29) is 6.29 Å². The number of rotatable bonds is 2. The molecule has 1 aliphatic heterocycles. The number of aliphatic hydroxyl groups is 1. The van der Waals surface area contributed by atoms with Gasteiger partial charge in [-0.2, -0.15) is 0 Å². The van der Waals surface area contributed by atoms with Crippen molar-refractivity contribution in [3.63, 3.8) is 0 Å². The van der Waals surface area contributed by atoms with Crippen molar-refractivity contribution < 1.29 is 19.3 Å². The summed E-state index contributed by atoms with van der Waals surface area (Å²) in [6.07, 6.45) is -0.922. The van der Waals surface area contributed by atoms with E-state index in [1.807, 2.05) is 0 Å². The standard InChI is InChI=1S/C6H12O4/c1-8-5-3-4(7)6(9-2)10-5/h4-7H,3H2,1-2H3. The lowest BCUT2D eigenvalue weighted by Gasteiger charge is -2.10. The van der Waals surface area contributed by atoms with Crippen LogP contribution in [0, 0.1) is 0 Å². The molecule has 1 heterocycles. The van der Waals surface area contributed by atoms with Gasteiger partial charge in [-0.15, -0.1) is 0 Å². The summed E-state index contributed by atoms with van der Waals surface area (Å²) in [6, 6.07) is 0. The van der Waals surface area contributed by atoms with Gasteiger partial charge in [0.1, 0.15) is 6.10 Å². The van der Waals surface area contributed by atoms with Crippen LogP contribution in [-0.4, -0.2) is 38.0 Å². The molecule has 0 saturated carbocycles. The third-order valence-electron chi connectivity index (χ3n) is 1.53. The van der Waals surface area contributed by atoms with Crippen LogP contribution in [0.3, 0.4) is 0 Å². The number of hydrogen-bond donors (Lipinski definition) is 1. The van der Waals surface area contributed by atoms with Crippen LogP contribution in [0.15, 0.2) is 0 Å². The van der Waals surface area contributed by atoms with Gasteiger partial charge in [0.15, 0.2) is 12.6 Å². The van der Waals surface area contributed by atoms with Crippen molar-refractivity contribution in [3.05, 3.63) is 0 Å². The molecule has 0 aliphatic carbocycles. The van der Waals surface area contributed by atoms with Crippen LogP contribution < -0.4 is 0 Å². The Morgan fingerprint density at radius 1 is 1.40 bits per heavy atom. The van der Waals surface area contributed by atoms with E-state index in [1.165, 1.54) is 14.2 Å². The summed E-state index contributed by atoms with van der Waals surface area (Å²) in [7, 11) is 3.03. The number of aliphatic hydroxyl groups excluding tert-OH is 1. The Bertz CT molecular complexity index is 106. The summed E-state index contributed by atoms with van der Waals surface area (Å²) < 4.78 is 14.7. The molecule has 0 bridgehead atoms. The summed E-state index contributed by atoms with van der Waals surface area (Å²) in [5, 5.41) is 9.16. The molecule has 1 saturated heterocycles. The molecule has 0 amide bonds. The van der Waals surface area contributed by atoms with Crippen molar-refractivity contribution in [2.24, 2.45) is 0 Å². The third-order valence-corrected chi connectivity index (χ3v) is 1.53. The van der Waals surface area contributed by atoms with E-state index in [9.17, 15) is 0 Å². The van der Waals surface area contributed by atoms with E-state index in [4.69, 9.17) is 19.3 Å². The lowest BCUT2D eigenvalue weighted by Crippen LogP contribution is -2.22. The van der Waals surface area contributed by atoms with Gasteiger partial charge in [0, 0.05) is 20.6 Å². The van der Waals surface area contributed by atoms with Crippen LogP contribution in [0.2, 0.25) is 0 Å². The highest BCUT2D eigenvalue weighted by Crippen LogP contribution is 2.20. The quantitative estimate of drug-likeness (QED) is 0.584. The molecule has 60 valence electrons. The minimum atomic E-state index is -0.560. The fraction of sp³-hybridized carbons (Fsp3) is 1.00. The van der Waals surface area contributed by atoms with Crippen molar-refractivity contribution in [1.29, 1.82) is 0 Å². The molecule has 0 aromatic heterocycles. The second-order valence-electron chi connectivity index (χ2n) is 2.21. The van der Waals surface area contributed by atoms with Crippen LogP contribution in [-0.2, 0) is 14.2 Å². The first-order valence-corrected chi connectivity index (χ1v) is 3.17. The molecule has 0 spiro atoms. The topological polar surface area (TPSA) is 47.9 Å². The maximum atomic E-state index is 9.16. The van der Waals surface area contributed by atoms with Gasteiger partial charge in [-0.25, -0.2) is 0 Å². The first-order chi connectivity index (χ1) is 4.77. The zero-order valence-corrected chi connectivity index (χ0v) is 6.11. The van der Waals surface area contributed by atoms with Gasteiger partial charge in [-0.1, -0.05) is 0 Å². The Hall–Kier alpha value is -0.160. The summed E-state index contributed by atoms with van der Waals surface area (Å²) in [4.78, 5) is 0. The van der Waals surface area contributed by atoms with Crippen molar-refractivity contribution >= 4 is 0 Å². The van der Waals surface area contributed by atoms with Crippen LogP contribution in [0.5, 0.6) is 0 Å². The fourth-order valence-corrected chi connectivity index (χ4v) is 0.969. The Labute approximate surface area is 59.7 Å². The van der Waals surface area contributed by atoms with Gasteiger partial charge >= 0.3 is 0 Å². The third kappa shape index (κ3) is 1.46. The molecule has 3 unspecified atom stereocenters. The second-order valence-corrected chi connectivity index (χ2v) is 2.21. The van der Waals surface area contributed by atoms with Gasteiger partial charge in [-0.3, -0.25) is 0 Å². The Morgan fingerprint density at radius 3 is 2.40 bits per heavy atom. The molecule has 1 fully saturated rings. The smallest absolute Gasteiger partial charge is 0.186 e. The monoisotopic (exact) mass is 148 g/mol. The maximum Gasteiger partial charge on any atom is 0.186 e. The van der Waals surface area contributed by atoms with E-state index in [1.54, 1.807) is 0 Å². The van der Waals surface area contributed by atoms with E-state index in [0.29, 0.717) is 6.42 Å². The number of hydrogen-bond acceptors (Lipinski definition) is 4. The van der Waals surface area contributed by atoms with Gasteiger partial charge in [-0.05, 0) is 0 Å². The molecule has 1 rings (SSSR count). The van der Waals surface area contributed by atoms with Crippen molar-refractivity contribution in [1.82, 2.24) is 0 Å². The Morgan fingerprint density at radius 2 is 2.10 bits per heavy atom. The normalized spacial score (nSPS) is 40.5. The van der Waals surface area contributed by atoms with E-state index in [2.05, 4.69) is 0 Å². The maximum absolute atomic E-state index is 9.16. The molecule has 1 aliphatic rings. The minimum Gasteiger partial charge on any atom is -0.388 e. The molecular formula is C6H12O4. The average molecular weight is 148 g/mol. The largest absolute Gasteiger partial charge is 0.388 e. The highest BCUT2D eigenvalue weighted by Gasteiger charge is 2.33. The highest BCUT2D eigenvalue weighted by atomic mass is 16.8. The zero-order chi connectivity index (χ0) is 7.56. The summed E-state index contributed by atoms with van der Waals surface area (Å²) >= 11 is 0. The molecule has 3 atom stereocenters. The second kappa shape index (κ2) is 3.30. The number of methoxy groups -OCH3 is 2. The Balaban J connectivity index is 2.36. The fourth-order valence-electron chi connectivity index (χ4n) is 0.969. The van der Waals surface area contributed by atoms with Crippen molar-refractivity contribution in [3.8, 4) is 0 Å². The van der Waals surface area contributed by atoms with Crippen LogP contribution in [0.25, 0.3) is 0 Å².